The van der Waals surface area contributed by atoms with E-state index in [2.05, 4.69) is 10.4 Å². The number of aromatic nitrogens is 2. The van der Waals surface area contributed by atoms with E-state index in [0.29, 0.717) is 19.0 Å². The number of fused-ring (bicyclic) bond motifs is 1. The van der Waals surface area contributed by atoms with Crippen LogP contribution < -0.4 is 5.32 Å². The largest absolute Gasteiger partial charge is 0.353 e. The minimum Gasteiger partial charge on any atom is -0.353 e. The fourth-order valence-corrected chi connectivity index (χ4v) is 3.24. The second-order valence-electron chi connectivity index (χ2n) is 6.12. The van der Waals surface area contributed by atoms with Gasteiger partial charge >= 0.3 is 0 Å². The summed E-state index contributed by atoms with van der Waals surface area (Å²) in [6, 6.07) is 5.10. The molecule has 0 atom stereocenters. The molecule has 118 valence electrons. The molecule has 0 bridgehead atoms. The van der Waals surface area contributed by atoms with Crippen LogP contribution in [0.1, 0.15) is 44.2 Å². The van der Waals surface area contributed by atoms with Gasteiger partial charge in [0.2, 0.25) is 5.91 Å². The quantitative estimate of drug-likeness (QED) is 0.921. The summed E-state index contributed by atoms with van der Waals surface area (Å²) >= 11 is 0. The molecule has 1 heterocycles. The van der Waals surface area contributed by atoms with Gasteiger partial charge in [0, 0.05) is 24.4 Å². The van der Waals surface area contributed by atoms with E-state index < -0.39 is 0 Å². The predicted molar refractivity (Wildman–Crippen MR) is 84.1 cm³/mol. The molecular formula is C17H22FN3O. The van der Waals surface area contributed by atoms with Crippen LogP contribution in [0.4, 0.5) is 4.39 Å². The highest BCUT2D eigenvalue weighted by Crippen LogP contribution is 2.20. The molecule has 2 aromatic rings. The molecule has 5 heteroatoms. The van der Waals surface area contributed by atoms with Crippen molar-refractivity contribution in [1.29, 1.82) is 0 Å². The Labute approximate surface area is 129 Å². The van der Waals surface area contributed by atoms with Crippen LogP contribution in [0.15, 0.2) is 18.2 Å². The lowest BCUT2D eigenvalue weighted by atomic mass is 10.2. The number of amides is 1. The van der Waals surface area contributed by atoms with Gasteiger partial charge in [-0.1, -0.05) is 12.8 Å². The van der Waals surface area contributed by atoms with Gasteiger partial charge in [-0.3, -0.25) is 9.48 Å². The number of hydrogen-bond acceptors (Lipinski definition) is 2. The van der Waals surface area contributed by atoms with E-state index in [1.54, 1.807) is 6.07 Å². The maximum atomic E-state index is 13.3. The van der Waals surface area contributed by atoms with Crippen LogP contribution in [0.5, 0.6) is 0 Å². The molecule has 4 nitrogen and oxygen atoms in total. The third kappa shape index (κ3) is 3.29. The standard InChI is InChI=1S/C17H22FN3O/c1-12-15-11-13(18)8-9-16(15)21(20-12)10-4-7-17(22)19-14-5-2-3-6-14/h8-9,11,14H,2-7,10H2,1H3,(H,19,22). The van der Waals surface area contributed by atoms with Crippen molar-refractivity contribution in [3.63, 3.8) is 0 Å². The van der Waals surface area contributed by atoms with Crippen molar-refractivity contribution in [1.82, 2.24) is 15.1 Å². The van der Waals surface area contributed by atoms with E-state index in [4.69, 9.17) is 0 Å². The zero-order chi connectivity index (χ0) is 15.5. The number of carbonyl (C=O) groups is 1. The first-order chi connectivity index (χ1) is 10.6. The Kier molecular flexibility index (Phi) is 4.41. The maximum Gasteiger partial charge on any atom is 0.220 e. The van der Waals surface area contributed by atoms with E-state index in [1.807, 2.05) is 11.6 Å². The zero-order valence-corrected chi connectivity index (χ0v) is 12.9. The predicted octanol–water partition coefficient (Wildman–Crippen LogP) is 3.32. The summed E-state index contributed by atoms with van der Waals surface area (Å²) in [7, 11) is 0. The van der Waals surface area contributed by atoms with Crippen LogP contribution in [0, 0.1) is 12.7 Å². The number of aryl methyl sites for hydroxylation is 2. The lowest BCUT2D eigenvalue weighted by molar-refractivity contribution is -0.121. The minimum atomic E-state index is -0.244. The van der Waals surface area contributed by atoms with Gasteiger partial charge in [-0.25, -0.2) is 4.39 Å². The Balaban J connectivity index is 1.56. The molecule has 0 unspecified atom stereocenters. The van der Waals surface area contributed by atoms with Gasteiger partial charge in [0.25, 0.3) is 0 Å². The summed E-state index contributed by atoms with van der Waals surface area (Å²) in [5.74, 6) is -0.114. The number of nitrogens with zero attached hydrogens (tertiary/aromatic N) is 2. The third-order valence-corrected chi connectivity index (χ3v) is 4.39. The van der Waals surface area contributed by atoms with E-state index >= 15 is 0 Å². The normalized spacial score (nSPS) is 15.5. The summed E-state index contributed by atoms with van der Waals surface area (Å²) in [4.78, 5) is 11.9. The maximum absolute atomic E-state index is 13.3. The van der Waals surface area contributed by atoms with Crippen molar-refractivity contribution in [2.45, 2.75) is 58.0 Å². The fraction of sp³-hybridized carbons (Fsp3) is 0.529. The van der Waals surface area contributed by atoms with Crippen molar-refractivity contribution in [3.05, 3.63) is 29.7 Å². The van der Waals surface area contributed by atoms with Gasteiger partial charge in [-0.2, -0.15) is 5.10 Å². The molecule has 1 N–H and O–H groups in total. The van der Waals surface area contributed by atoms with Gasteiger partial charge in [0.1, 0.15) is 5.82 Å². The molecule has 0 spiro atoms. The van der Waals surface area contributed by atoms with E-state index in [0.717, 1.165) is 35.9 Å². The summed E-state index contributed by atoms with van der Waals surface area (Å²) in [5, 5.41) is 8.39. The highest BCUT2D eigenvalue weighted by molar-refractivity contribution is 5.81. The van der Waals surface area contributed by atoms with Crippen molar-refractivity contribution in [3.8, 4) is 0 Å². The van der Waals surface area contributed by atoms with Crippen molar-refractivity contribution >= 4 is 16.8 Å². The minimum absolute atomic E-state index is 0.131. The number of rotatable bonds is 5. The third-order valence-electron chi connectivity index (χ3n) is 4.39. The second-order valence-corrected chi connectivity index (χ2v) is 6.12. The van der Waals surface area contributed by atoms with Crippen LogP contribution in [0.2, 0.25) is 0 Å². The van der Waals surface area contributed by atoms with Crippen LogP contribution in [0.25, 0.3) is 10.9 Å². The lowest BCUT2D eigenvalue weighted by Crippen LogP contribution is -2.32. The molecule has 1 aliphatic carbocycles. The number of nitrogens with one attached hydrogen (secondary N) is 1. The Morgan fingerprint density at radius 1 is 1.41 bits per heavy atom. The fourth-order valence-electron chi connectivity index (χ4n) is 3.24. The Morgan fingerprint density at radius 2 is 2.18 bits per heavy atom. The molecule has 22 heavy (non-hydrogen) atoms. The molecular weight excluding hydrogens is 281 g/mol. The molecule has 1 fully saturated rings. The van der Waals surface area contributed by atoms with E-state index in [-0.39, 0.29) is 11.7 Å². The zero-order valence-electron chi connectivity index (χ0n) is 12.9. The summed E-state index contributed by atoms with van der Waals surface area (Å²) in [5.41, 5.74) is 1.75. The monoisotopic (exact) mass is 303 g/mol. The van der Waals surface area contributed by atoms with Crippen molar-refractivity contribution in [2.75, 3.05) is 0 Å². The first-order valence-corrected chi connectivity index (χ1v) is 8.05. The van der Waals surface area contributed by atoms with Gasteiger partial charge in [0.15, 0.2) is 0 Å². The average molecular weight is 303 g/mol. The molecule has 1 aliphatic rings. The molecule has 1 saturated carbocycles. The number of carbonyl (C=O) groups excluding carboxylic acids is 1. The average Bonchev–Trinajstić information content (AvgIpc) is 3.08. The first kappa shape index (κ1) is 15.0. The summed E-state index contributed by atoms with van der Waals surface area (Å²) in [6.45, 7) is 2.55. The van der Waals surface area contributed by atoms with E-state index in [9.17, 15) is 9.18 Å². The number of benzene rings is 1. The second kappa shape index (κ2) is 6.46. The Hall–Kier alpha value is -1.91. The van der Waals surface area contributed by atoms with Crippen molar-refractivity contribution in [2.24, 2.45) is 0 Å². The number of hydrogen-bond donors (Lipinski definition) is 1. The van der Waals surface area contributed by atoms with E-state index in [1.165, 1.54) is 25.0 Å². The molecule has 1 aromatic carbocycles. The first-order valence-electron chi connectivity index (χ1n) is 8.05. The molecule has 0 radical (unpaired) electrons. The van der Waals surface area contributed by atoms with Gasteiger partial charge in [0.05, 0.1) is 11.2 Å². The molecule has 1 aromatic heterocycles. The Morgan fingerprint density at radius 3 is 2.95 bits per heavy atom. The van der Waals surface area contributed by atoms with Gasteiger partial charge < -0.3 is 5.32 Å². The van der Waals surface area contributed by atoms with Gasteiger partial charge in [-0.05, 0) is 44.4 Å². The van der Waals surface area contributed by atoms with Crippen molar-refractivity contribution < 1.29 is 9.18 Å². The molecule has 0 aliphatic heterocycles. The SMILES string of the molecule is Cc1nn(CCCC(=O)NC2CCCC2)c2ccc(F)cc12. The Bertz CT molecular complexity index is 674. The molecule has 1 amide bonds. The van der Waals surface area contributed by atoms with Crippen LogP contribution in [0.3, 0.4) is 0 Å². The topological polar surface area (TPSA) is 46.9 Å². The molecule has 3 rings (SSSR count). The lowest BCUT2D eigenvalue weighted by Gasteiger charge is -2.11. The van der Waals surface area contributed by atoms with Crippen LogP contribution >= 0.6 is 0 Å². The van der Waals surface area contributed by atoms with Crippen LogP contribution in [-0.4, -0.2) is 21.7 Å². The molecule has 0 saturated heterocycles. The summed E-state index contributed by atoms with van der Waals surface area (Å²) < 4.78 is 15.2. The van der Waals surface area contributed by atoms with Gasteiger partial charge in [-0.15, -0.1) is 0 Å². The number of halogens is 1. The highest BCUT2D eigenvalue weighted by atomic mass is 19.1. The smallest absolute Gasteiger partial charge is 0.220 e. The summed E-state index contributed by atoms with van der Waals surface area (Å²) in [6.07, 6.45) is 5.92. The highest BCUT2D eigenvalue weighted by Gasteiger charge is 2.16. The van der Waals surface area contributed by atoms with Crippen LogP contribution in [-0.2, 0) is 11.3 Å².